The third-order valence-electron chi connectivity index (χ3n) is 2.67. The van der Waals surface area contributed by atoms with Gasteiger partial charge >= 0.3 is 5.97 Å². The Morgan fingerprint density at radius 1 is 1.43 bits per heavy atom. The maximum atomic E-state index is 12.2. The summed E-state index contributed by atoms with van der Waals surface area (Å²) in [5.41, 5.74) is 5.02. The Labute approximate surface area is 123 Å². The zero-order valence-corrected chi connectivity index (χ0v) is 12.4. The number of sulfonamides is 1. The Kier molecular flexibility index (Phi) is 3.75. The molecule has 0 saturated heterocycles. The molecule has 4 N–H and O–H groups in total. The van der Waals surface area contributed by atoms with E-state index in [0.29, 0.717) is 0 Å². The number of anilines is 1. The molecular weight excluding hydrogens is 318 g/mol. The van der Waals surface area contributed by atoms with Crippen molar-refractivity contribution in [2.45, 2.75) is 4.90 Å². The number of primary amides is 1. The first kappa shape index (κ1) is 15.1. The van der Waals surface area contributed by atoms with Gasteiger partial charge < -0.3 is 15.4 Å². The minimum absolute atomic E-state index is 0.0537. The molecule has 112 valence electrons. The molecule has 0 atom stereocenters. The Hall–Kier alpha value is -2.33. The number of thiophene rings is 1. The van der Waals surface area contributed by atoms with Gasteiger partial charge in [-0.25, -0.2) is 13.2 Å². The third kappa shape index (κ3) is 2.90. The lowest BCUT2D eigenvalue weighted by Crippen LogP contribution is -2.16. The van der Waals surface area contributed by atoms with Crippen LogP contribution in [0.2, 0.25) is 0 Å². The quantitative estimate of drug-likeness (QED) is 0.742. The molecule has 0 spiro atoms. The number of carboxylic acids is 1. The number of aromatic nitrogens is 1. The van der Waals surface area contributed by atoms with Gasteiger partial charge in [0.2, 0.25) is 0 Å². The SMILES string of the molecule is Cn1cc(S(=O)(=O)Nc2sccc2C(N)=O)cc1C(=O)O. The average Bonchev–Trinajstić information content (AvgIpc) is 2.95. The van der Waals surface area contributed by atoms with Gasteiger partial charge in [-0.05, 0) is 17.5 Å². The fraction of sp³-hybridized carbons (Fsp3) is 0.0909. The molecule has 8 nitrogen and oxygen atoms in total. The summed E-state index contributed by atoms with van der Waals surface area (Å²) >= 11 is 1.00. The van der Waals surface area contributed by atoms with Gasteiger partial charge in [-0.3, -0.25) is 9.52 Å². The van der Waals surface area contributed by atoms with Crippen LogP contribution in [0.25, 0.3) is 0 Å². The van der Waals surface area contributed by atoms with E-state index in [1.54, 1.807) is 0 Å². The van der Waals surface area contributed by atoms with E-state index in [4.69, 9.17) is 10.8 Å². The lowest BCUT2D eigenvalue weighted by molar-refractivity contribution is 0.0686. The summed E-state index contributed by atoms with van der Waals surface area (Å²) in [6.07, 6.45) is 1.17. The van der Waals surface area contributed by atoms with Crippen molar-refractivity contribution in [1.82, 2.24) is 4.57 Å². The van der Waals surface area contributed by atoms with Crippen LogP contribution in [0, 0.1) is 0 Å². The summed E-state index contributed by atoms with van der Waals surface area (Å²) in [6, 6.07) is 2.43. The molecule has 2 heterocycles. The Morgan fingerprint density at radius 3 is 2.62 bits per heavy atom. The van der Waals surface area contributed by atoms with Gasteiger partial charge in [0.05, 0.1) is 5.56 Å². The smallest absolute Gasteiger partial charge is 0.352 e. The van der Waals surface area contributed by atoms with E-state index < -0.39 is 21.9 Å². The highest BCUT2D eigenvalue weighted by Gasteiger charge is 2.22. The molecule has 0 saturated carbocycles. The first-order chi connectivity index (χ1) is 9.72. The van der Waals surface area contributed by atoms with Crippen molar-refractivity contribution in [2.24, 2.45) is 12.8 Å². The molecule has 2 rings (SSSR count). The van der Waals surface area contributed by atoms with Crippen molar-refractivity contribution < 1.29 is 23.1 Å². The van der Waals surface area contributed by atoms with Gasteiger partial charge in [-0.15, -0.1) is 11.3 Å². The molecule has 2 aromatic rings. The number of hydrogen-bond acceptors (Lipinski definition) is 5. The molecule has 0 fully saturated rings. The standard InChI is InChI=1S/C11H11N3O5S2/c1-14-5-6(4-8(14)11(16)17)21(18,19)13-10-7(9(12)15)2-3-20-10/h2-5,13H,1H3,(H2,12,15)(H,16,17). The number of carboxylic acid groups (broad SMARTS) is 1. The number of nitrogens with one attached hydrogen (secondary N) is 1. The molecule has 1 amide bonds. The molecule has 0 bridgehead atoms. The fourth-order valence-corrected chi connectivity index (χ4v) is 3.85. The first-order valence-corrected chi connectivity index (χ1v) is 7.88. The Balaban J connectivity index is 2.39. The predicted octanol–water partition coefficient (Wildman–Crippen LogP) is 0.685. The van der Waals surface area contributed by atoms with Gasteiger partial charge in [0, 0.05) is 13.2 Å². The van der Waals surface area contributed by atoms with Gasteiger partial charge in [0.1, 0.15) is 15.6 Å². The molecule has 0 aliphatic carbocycles. The molecule has 21 heavy (non-hydrogen) atoms. The van der Waals surface area contributed by atoms with E-state index in [2.05, 4.69) is 4.72 Å². The second-order valence-electron chi connectivity index (χ2n) is 4.11. The molecule has 0 radical (unpaired) electrons. The van der Waals surface area contributed by atoms with Crippen LogP contribution in [0.1, 0.15) is 20.8 Å². The first-order valence-electron chi connectivity index (χ1n) is 5.52. The predicted molar refractivity (Wildman–Crippen MR) is 76.0 cm³/mol. The van der Waals surface area contributed by atoms with E-state index >= 15 is 0 Å². The number of nitrogens with zero attached hydrogens (tertiary/aromatic N) is 1. The average molecular weight is 329 g/mol. The topological polar surface area (TPSA) is 131 Å². The number of carbonyl (C=O) groups excluding carboxylic acids is 1. The molecule has 0 aromatic carbocycles. The zero-order valence-electron chi connectivity index (χ0n) is 10.7. The van der Waals surface area contributed by atoms with Crippen LogP contribution in [0.4, 0.5) is 5.00 Å². The largest absolute Gasteiger partial charge is 0.477 e. The number of hydrogen-bond donors (Lipinski definition) is 3. The summed E-state index contributed by atoms with van der Waals surface area (Å²) < 4.78 is 27.8. The monoisotopic (exact) mass is 329 g/mol. The lowest BCUT2D eigenvalue weighted by atomic mass is 10.3. The molecule has 0 unspecified atom stereocenters. The number of aryl methyl sites for hydroxylation is 1. The maximum Gasteiger partial charge on any atom is 0.352 e. The van der Waals surface area contributed by atoms with Gasteiger partial charge in [-0.2, -0.15) is 0 Å². The summed E-state index contributed by atoms with van der Waals surface area (Å²) in [4.78, 5) is 21.9. The van der Waals surface area contributed by atoms with Crippen molar-refractivity contribution in [3.8, 4) is 0 Å². The van der Waals surface area contributed by atoms with Crippen molar-refractivity contribution >= 4 is 38.2 Å². The molecule has 2 aromatic heterocycles. The third-order valence-corrected chi connectivity index (χ3v) is 4.94. The second kappa shape index (κ2) is 5.22. The summed E-state index contributed by atoms with van der Waals surface area (Å²) in [5.74, 6) is -2.00. The molecule has 10 heteroatoms. The van der Waals surface area contributed by atoms with Crippen LogP contribution in [-0.2, 0) is 17.1 Å². The van der Waals surface area contributed by atoms with E-state index in [9.17, 15) is 18.0 Å². The number of nitrogens with two attached hydrogens (primary N) is 1. The van der Waals surface area contributed by atoms with E-state index in [0.717, 1.165) is 17.4 Å². The van der Waals surface area contributed by atoms with Gasteiger partial charge in [0.15, 0.2) is 0 Å². The minimum Gasteiger partial charge on any atom is -0.477 e. The second-order valence-corrected chi connectivity index (χ2v) is 6.71. The van der Waals surface area contributed by atoms with Crippen molar-refractivity contribution in [1.29, 1.82) is 0 Å². The van der Waals surface area contributed by atoms with E-state index in [1.165, 1.54) is 29.3 Å². The summed E-state index contributed by atoms with van der Waals surface area (Å²) in [7, 11) is -2.59. The minimum atomic E-state index is -4.01. The van der Waals surface area contributed by atoms with E-state index in [1.807, 2.05) is 0 Å². The van der Waals surface area contributed by atoms with Crippen LogP contribution in [0.5, 0.6) is 0 Å². The number of amides is 1. The normalized spacial score (nSPS) is 11.3. The highest BCUT2D eigenvalue weighted by molar-refractivity contribution is 7.93. The number of aromatic carboxylic acids is 1. The van der Waals surface area contributed by atoms with Crippen molar-refractivity contribution in [3.05, 3.63) is 35.0 Å². The molecule has 0 aliphatic heterocycles. The zero-order chi connectivity index (χ0) is 15.8. The van der Waals surface area contributed by atoms with Crippen LogP contribution >= 0.6 is 11.3 Å². The van der Waals surface area contributed by atoms with Crippen molar-refractivity contribution in [3.63, 3.8) is 0 Å². The summed E-state index contributed by atoms with van der Waals surface area (Å²) in [5, 5.41) is 10.5. The lowest BCUT2D eigenvalue weighted by Gasteiger charge is -2.05. The van der Waals surface area contributed by atoms with Crippen LogP contribution < -0.4 is 10.5 Å². The van der Waals surface area contributed by atoms with Gasteiger partial charge in [0.25, 0.3) is 15.9 Å². The van der Waals surface area contributed by atoms with Crippen LogP contribution in [0.15, 0.2) is 28.6 Å². The fourth-order valence-electron chi connectivity index (χ4n) is 1.66. The Bertz CT molecular complexity index is 819. The van der Waals surface area contributed by atoms with Crippen molar-refractivity contribution in [2.75, 3.05) is 4.72 Å². The summed E-state index contributed by atoms with van der Waals surface area (Å²) in [6.45, 7) is 0. The maximum absolute atomic E-state index is 12.2. The number of rotatable bonds is 5. The molecular formula is C11H11N3O5S2. The highest BCUT2D eigenvalue weighted by Crippen LogP contribution is 2.26. The molecule has 0 aliphatic rings. The van der Waals surface area contributed by atoms with Gasteiger partial charge in [-0.1, -0.05) is 0 Å². The van der Waals surface area contributed by atoms with Crippen LogP contribution in [0.3, 0.4) is 0 Å². The van der Waals surface area contributed by atoms with Crippen LogP contribution in [-0.4, -0.2) is 30.0 Å². The Morgan fingerprint density at radius 2 is 2.10 bits per heavy atom. The number of carbonyl (C=O) groups is 2. The highest BCUT2D eigenvalue weighted by atomic mass is 32.2. The van der Waals surface area contributed by atoms with E-state index in [-0.39, 0.29) is 21.2 Å².